The molecule has 1 aromatic carbocycles. The maximum atomic E-state index is 5.78. The van der Waals surface area contributed by atoms with Crippen molar-refractivity contribution in [3.63, 3.8) is 0 Å². The Balaban J connectivity index is 1.53. The van der Waals surface area contributed by atoms with Gasteiger partial charge in [-0.2, -0.15) is 4.98 Å². The van der Waals surface area contributed by atoms with Crippen molar-refractivity contribution >= 4 is 21.7 Å². The maximum Gasteiger partial charge on any atom is 0.258 e. The zero-order chi connectivity index (χ0) is 18.1. The van der Waals surface area contributed by atoms with Crippen LogP contribution in [0, 0.1) is 0 Å². The number of anilines is 1. The predicted molar refractivity (Wildman–Crippen MR) is 102 cm³/mol. The summed E-state index contributed by atoms with van der Waals surface area (Å²) in [6.07, 6.45) is 2.68. The molecule has 134 valence electrons. The average molecular weight is 415 g/mol. The van der Waals surface area contributed by atoms with E-state index in [9.17, 15) is 0 Å². The van der Waals surface area contributed by atoms with Crippen LogP contribution >= 0.6 is 15.9 Å². The second-order valence-electron chi connectivity index (χ2n) is 6.55. The molecule has 0 saturated heterocycles. The van der Waals surface area contributed by atoms with Crippen molar-refractivity contribution in [2.24, 2.45) is 0 Å². The average Bonchev–Trinajstić information content (AvgIpc) is 3.29. The molecule has 0 amide bonds. The minimum atomic E-state index is 0.227. The van der Waals surface area contributed by atoms with Crippen molar-refractivity contribution in [1.82, 2.24) is 15.1 Å². The van der Waals surface area contributed by atoms with Crippen molar-refractivity contribution in [3.05, 3.63) is 51.9 Å². The fourth-order valence-electron chi connectivity index (χ4n) is 2.91. The third-order valence-electron chi connectivity index (χ3n) is 4.25. The first-order valence-corrected chi connectivity index (χ1v) is 9.37. The number of benzene rings is 1. The molecular weight excluding hydrogens is 396 g/mol. The standard InChI is InChI=1S/C19H19BrN4O2/c1-11(2)18-23-19(26-24-18)13-3-5-21-16(9-13)22-10-14-8-15(20)7-12-4-6-25-17(12)14/h3,5,7-9,11H,4,6,10H2,1-2H3,(H,21,22). The van der Waals surface area contributed by atoms with Crippen LogP contribution < -0.4 is 10.1 Å². The van der Waals surface area contributed by atoms with Gasteiger partial charge < -0.3 is 14.6 Å². The lowest BCUT2D eigenvalue weighted by Gasteiger charge is -2.11. The molecule has 6 nitrogen and oxygen atoms in total. The van der Waals surface area contributed by atoms with E-state index in [-0.39, 0.29) is 5.92 Å². The topological polar surface area (TPSA) is 73.1 Å². The molecule has 0 bridgehead atoms. The maximum absolute atomic E-state index is 5.78. The number of aromatic nitrogens is 3. The molecule has 3 aromatic rings. The number of halogens is 1. The van der Waals surface area contributed by atoms with Crippen LogP contribution in [0.1, 0.15) is 36.7 Å². The molecule has 0 saturated carbocycles. The minimum Gasteiger partial charge on any atom is -0.493 e. The van der Waals surface area contributed by atoms with E-state index in [4.69, 9.17) is 9.26 Å². The first-order valence-electron chi connectivity index (χ1n) is 8.58. The van der Waals surface area contributed by atoms with Crippen LogP contribution in [-0.4, -0.2) is 21.7 Å². The predicted octanol–water partition coefficient (Wildman–Crippen LogP) is 4.56. The number of fused-ring (bicyclic) bond motifs is 1. The summed E-state index contributed by atoms with van der Waals surface area (Å²) in [6.45, 7) is 5.43. The summed E-state index contributed by atoms with van der Waals surface area (Å²) in [4.78, 5) is 8.82. The highest BCUT2D eigenvalue weighted by Crippen LogP contribution is 2.33. The third kappa shape index (κ3) is 3.44. The number of ether oxygens (including phenoxy) is 1. The van der Waals surface area contributed by atoms with Crippen LogP contribution in [0.3, 0.4) is 0 Å². The molecule has 4 rings (SSSR count). The Morgan fingerprint density at radius 2 is 2.15 bits per heavy atom. The highest BCUT2D eigenvalue weighted by Gasteiger charge is 2.17. The van der Waals surface area contributed by atoms with Gasteiger partial charge in [0.2, 0.25) is 0 Å². The normalized spacial score (nSPS) is 12.9. The van der Waals surface area contributed by atoms with Crippen LogP contribution in [0.2, 0.25) is 0 Å². The molecule has 3 heterocycles. The SMILES string of the molecule is CC(C)c1noc(-c2ccnc(NCc3cc(Br)cc4c3OCC4)c2)n1. The van der Waals surface area contributed by atoms with E-state index in [1.54, 1.807) is 6.20 Å². The van der Waals surface area contributed by atoms with Gasteiger partial charge in [0.05, 0.1) is 6.61 Å². The van der Waals surface area contributed by atoms with Gasteiger partial charge in [0, 0.05) is 40.7 Å². The van der Waals surface area contributed by atoms with Crippen LogP contribution in [-0.2, 0) is 13.0 Å². The molecule has 0 spiro atoms. The number of nitrogens with zero attached hydrogens (tertiary/aromatic N) is 3. The first kappa shape index (κ1) is 17.0. The number of rotatable bonds is 5. The van der Waals surface area contributed by atoms with Gasteiger partial charge in [-0.3, -0.25) is 0 Å². The van der Waals surface area contributed by atoms with Crippen molar-refractivity contribution in [2.75, 3.05) is 11.9 Å². The lowest BCUT2D eigenvalue weighted by atomic mass is 10.1. The Labute approximate surface area is 160 Å². The van der Waals surface area contributed by atoms with Gasteiger partial charge >= 0.3 is 0 Å². The summed E-state index contributed by atoms with van der Waals surface area (Å²) in [6, 6.07) is 7.97. The summed E-state index contributed by atoms with van der Waals surface area (Å²) in [5, 5.41) is 7.37. The van der Waals surface area contributed by atoms with Gasteiger partial charge in [-0.1, -0.05) is 34.9 Å². The van der Waals surface area contributed by atoms with E-state index < -0.39 is 0 Å². The monoisotopic (exact) mass is 414 g/mol. The van der Waals surface area contributed by atoms with E-state index >= 15 is 0 Å². The molecule has 0 atom stereocenters. The van der Waals surface area contributed by atoms with Gasteiger partial charge in [-0.25, -0.2) is 4.98 Å². The fraction of sp³-hybridized carbons (Fsp3) is 0.316. The number of hydrogen-bond donors (Lipinski definition) is 1. The first-order chi connectivity index (χ1) is 12.6. The summed E-state index contributed by atoms with van der Waals surface area (Å²) >= 11 is 3.57. The van der Waals surface area contributed by atoms with E-state index in [1.807, 2.05) is 26.0 Å². The lowest BCUT2D eigenvalue weighted by molar-refractivity contribution is 0.354. The van der Waals surface area contributed by atoms with Crippen LogP contribution in [0.5, 0.6) is 5.75 Å². The molecule has 0 aliphatic carbocycles. The van der Waals surface area contributed by atoms with Crippen molar-refractivity contribution in [3.8, 4) is 17.2 Å². The fourth-order valence-corrected chi connectivity index (χ4v) is 3.46. The Bertz CT molecular complexity index is 939. The summed E-state index contributed by atoms with van der Waals surface area (Å²) in [5.74, 6) is 3.17. The second kappa shape index (κ2) is 7.07. The van der Waals surface area contributed by atoms with Crippen molar-refractivity contribution < 1.29 is 9.26 Å². The van der Waals surface area contributed by atoms with Gasteiger partial charge in [0.25, 0.3) is 5.89 Å². The Hall–Kier alpha value is -2.41. The van der Waals surface area contributed by atoms with Crippen molar-refractivity contribution in [1.29, 1.82) is 0 Å². The Morgan fingerprint density at radius 1 is 1.27 bits per heavy atom. The lowest BCUT2D eigenvalue weighted by Crippen LogP contribution is -2.03. The molecule has 0 radical (unpaired) electrons. The quantitative estimate of drug-likeness (QED) is 0.659. The van der Waals surface area contributed by atoms with E-state index in [2.05, 4.69) is 48.5 Å². The molecule has 1 N–H and O–H groups in total. The summed E-state index contributed by atoms with van der Waals surface area (Å²) in [7, 11) is 0. The van der Waals surface area contributed by atoms with Crippen LogP contribution in [0.4, 0.5) is 5.82 Å². The van der Waals surface area contributed by atoms with Crippen LogP contribution in [0.15, 0.2) is 39.5 Å². The Morgan fingerprint density at radius 3 is 2.96 bits per heavy atom. The largest absolute Gasteiger partial charge is 0.493 e. The number of nitrogens with one attached hydrogen (secondary N) is 1. The molecule has 0 fully saturated rings. The Kier molecular flexibility index (Phi) is 4.63. The van der Waals surface area contributed by atoms with Gasteiger partial charge in [0.15, 0.2) is 5.82 Å². The van der Waals surface area contributed by atoms with Crippen LogP contribution in [0.25, 0.3) is 11.5 Å². The molecule has 0 unspecified atom stereocenters. The zero-order valence-corrected chi connectivity index (χ0v) is 16.2. The van der Waals surface area contributed by atoms with E-state index in [1.165, 1.54) is 5.56 Å². The highest BCUT2D eigenvalue weighted by molar-refractivity contribution is 9.10. The smallest absolute Gasteiger partial charge is 0.258 e. The summed E-state index contributed by atoms with van der Waals surface area (Å²) < 4.78 is 12.2. The minimum absolute atomic E-state index is 0.227. The van der Waals surface area contributed by atoms with Gasteiger partial charge in [-0.05, 0) is 29.8 Å². The molecule has 1 aliphatic heterocycles. The summed E-state index contributed by atoms with van der Waals surface area (Å²) in [5.41, 5.74) is 3.20. The zero-order valence-electron chi connectivity index (χ0n) is 14.6. The second-order valence-corrected chi connectivity index (χ2v) is 7.46. The molecule has 1 aliphatic rings. The number of hydrogen-bond acceptors (Lipinski definition) is 6. The molecule has 7 heteroatoms. The highest BCUT2D eigenvalue weighted by atomic mass is 79.9. The third-order valence-corrected chi connectivity index (χ3v) is 4.71. The van der Waals surface area contributed by atoms with E-state index in [0.29, 0.717) is 18.3 Å². The molecule has 2 aromatic heterocycles. The molecular formula is C19H19BrN4O2. The van der Waals surface area contributed by atoms with Gasteiger partial charge in [0.1, 0.15) is 11.6 Å². The molecule has 26 heavy (non-hydrogen) atoms. The van der Waals surface area contributed by atoms with Crippen molar-refractivity contribution in [2.45, 2.75) is 32.7 Å². The van der Waals surface area contributed by atoms with Gasteiger partial charge in [-0.15, -0.1) is 0 Å². The van der Waals surface area contributed by atoms with E-state index in [0.717, 1.165) is 40.2 Å². The number of pyridine rings is 1.